The number of benzene rings is 2. The molecule has 0 saturated carbocycles. The van der Waals surface area contributed by atoms with Crippen LogP contribution in [0.3, 0.4) is 0 Å². The van der Waals surface area contributed by atoms with Crippen LogP contribution in [-0.4, -0.2) is 23.3 Å². The lowest BCUT2D eigenvalue weighted by molar-refractivity contribution is 0.872. The van der Waals surface area contributed by atoms with E-state index in [0.717, 1.165) is 28.4 Å². The molecule has 3 rings (SSSR count). The molecule has 0 unspecified atom stereocenters. The molecule has 106 valence electrons. The normalized spacial score (nSPS) is 10.8. The molecule has 0 bridgehead atoms. The highest BCUT2D eigenvalue weighted by molar-refractivity contribution is 7.98. The van der Waals surface area contributed by atoms with E-state index in [9.17, 15) is 0 Å². The third-order valence-electron chi connectivity index (χ3n) is 3.37. The highest BCUT2D eigenvalue weighted by Crippen LogP contribution is 2.26. The lowest BCUT2D eigenvalue weighted by Gasteiger charge is -2.20. The third-order valence-corrected chi connectivity index (χ3v) is 3.92. The van der Waals surface area contributed by atoms with Crippen LogP contribution in [0.5, 0.6) is 0 Å². The lowest BCUT2D eigenvalue weighted by atomic mass is 10.2. The zero-order valence-electron chi connectivity index (χ0n) is 12.2. The number of fused-ring (bicyclic) bond motifs is 1. The second-order valence-corrected chi connectivity index (χ2v) is 5.67. The van der Waals surface area contributed by atoms with Crippen molar-refractivity contribution in [1.82, 2.24) is 9.97 Å². The van der Waals surface area contributed by atoms with Gasteiger partial charge in [0.05, 0.1) is 5.52 Å². The Morgan fingerprint density at radius 2 is 1.67 bits per heavy atom. The molecule has 0 aliphatic carbocycles. The minimum absolute atomic E-state index is 0.809. The number of para-hydroxylation sites is 1. The van der Waals surface area contributed by atoms with Crippen LogP contribution in [0, 0.1) is 0 Å². The number of nitrogens with zero attached hydrogens (tertiary/aromatic N) is 3. The zero-order valence-corrected chi connectivity index (χ0v) is 13.0. The summed E-state index contributed by atoms with van der Waals surface area (Å²) >= 11 is 1.57. The SMILES string of the molecule is CSc1nc(N(C)Cc2ccccc2)c2ccccc2n1. The Labute approximate surface area is 129 Å². The Kier molecular flexibility index (Phi) is 4.06. The summed E-state index contributed by atoms with van der Waals surface area (Å²) in [4.78, 5) is 11.4. The first-order valence-electron chi connectivity index (χ1n) is 6.84. The molecule has 0 aliphatic rings. The highest BCUT2D eigenvalue weighted by Gasteiger charge is 2.11. The number of hydrogen-bond donors (Lipinski definition) is 0. The van der Waals surface area contributed by atoms with Crippen LogP contribution in [0.25, 0.3) is 10.9 Å². The largest absolute Gasteiger partial charge is 0.355 e. The van der Waals surface area contributed by atoms with Crippen LogP contribution in [-0.2, 0) is 6.54 Å². The van der Waals surface area contributed by atoms with Gasteiger partial charge in [0.1, 0.15) is 5.82 Å². The summed E-state index contributed by atoms with van der Waals surface area (Å²) in [6.45, 7) is 0.829. The lowest BCUT2D eigenvalue weighted by Crippen LogP contribution is -2.18. The minimum atomic E-state index is 0.809. The first kappa shape index (κ1) is 13.9. The van der Waals surface area contributed by atoms with Crippen LogP contribution < -0.4 is 4.90 Å². The molecular formula is C17H17N3S. The standard InChI is InChI=1S/C17H17N3S/c1-20(12-13-8-4-3-5-9-13)16-14-10-6-7-11-15(14)18-17(19-16)21-2/h3-11H,12H2,1-2H3. The Bertz CT molecular complexity index is 743. The van der Waals surface area contributed by atoms with Crippen LogP contribution in [0.15, 0.2) is 59.8 Å². The van der Waals surface area contributed by atoms with Crippen molar-refractivity contribution in [3.05, 3.63) is 60.2 Å². The monoisotopic (exact) mass is 295 g/mol. The van der Waals surface area contributed by atoms with E-state index in [2.05, 4.69) is 47.3 Å². The zero-order chi connectivity index (χ0) is 14.7. The number of rotatable bonds is 4. The fraction of sp³-hybridized carbons (Fsp3) is 0.176. The second-order valence-electron chi connectivity index (χ2n) is 4.89. The summed E-state index contributed by atoms with van der Waals surface area (Å²) in [7, 11) is 2.08. The fourth-order valence-corrected chi connectivity index (χ4v) is 2.72. The van der Waals surface area contributed by atoms with Gasteiger partial charge in [-0.15, -0.1) is 0 Å². The predicted molar refractivity (Wildman–Crippen MR) is 89.9 cm³/mol. The number of hydrogen-bond acceptors (Lipinski definition) is 4. The number of aromatic nitrogens is 2. The van der Waals surface area contributed by atoms with Gasteiger partial charge in [0, 0.05) is 19.0 Å². The van der Waals surface area contributed by atoms with E-state index in [1.807, 2.05) is 30.5 Å². The average Bonchev–Trinajstić information content (AvgIpc) is 2.54. The molecule has 0 radical (unpaired) electrons. The molecule has 3 aromatic rings. The van der Waals surface area contributed by atoms with E-state index in [1.54, 1.807) is 11.8 Å². The maximum atomic E-state index is 4.69. The van der Waals surface area contributed by atoms with Gasteiger partial charge in [-0.25, -0.2) is 9.97 Å². The number of thioether (sulfide) groups is 1. The molecular weight excluding hydrogens is 278 g/mol. The van der Waals surface area contributed by atoms with E-state index in [4.69, 9.17) is 4.98 Å². The van der Waals surface area contributed by atoms with E-state index >= 15 is 0 Å². The van der Waals surface area contributed by atoms with Crippen molar-refractivity contribution in [2.24, 2.45) is 0 Å². The van der Waals surface area contributed by atoms with Crippen molar-refractivity contribution in [2.45, 2.75) is 11.7 Å². The van der Waals surface area contributed by atoms with Gasteiger partial charge in [-0.05, 0) is 24.0 Å². The molecule has 0 aliphatic heterocycles. The molecule has 3 nitrogen and oxygen atoms in total. The van der Waals surface area contributed by atoms with Gasteiger partial charge in [-0.3, -0.25) is 0 Å². The van der Waals surface area contributed by atoms with Gasteiger partial charge in [0.2, 0.25) is 0 Å². The van der Waals surface area contributed by atoms with Crippen LogP contribution in [0.4, 0.5) is 5.82 Å². The molecule has 1 heterocycles. The molecule has 21 heavy (non-hydrogen) atoms. The van der Waals surface area contributed by atoms with Gasteiger partial charge in [0.25, 0.3) is 0 Å². The Morgan fingerprint density at radius 3 is 2.43 bits per heavy atom. The van der Waals surface area contributed by atoms with Crippen molar-refractivity contribution in [1.29, 1.82) is 0 Å². The molecule has 0 saturated heterocycles. The van der Waals surface area contributed by atoms with Crippen molar-refractivity contribution in [3.63, 3.8) is 0 Å². The van der Waals surface area contributed by atoms with Gasteiger partial charge >= 0.3 is 0 Å². The Hall–Kier alpha value is -2.07. The van der Waals surface area contributed by atoms with E-state index in [0.29, 0.717) is 0 Å². The molecule has 0 N–H and O–H groups in total. The maximum absolute atomic E-state index is 4.69. The molecule has 1 aromatic heterocycles. The first-order chi connectivity index (χ1) is 10.3. The van der Waals surface area contributed by atoms with Crippen LogP contribution in [0.2, 0.25) is 0 Å². The van der Waals surface area contributed by atoms with E-state index < -0.39 is 0 Å². The predicted octanol–water partition coefficient (Wildman–Crippen LogP) is 3.99. The fourth-order valence-electron chi connectivity index (χ4n) is 2.35. The molecule has 0 spiro atoms. The minimum Gasteiger partial charge on any atom is -0.355 e. The Morgan fingerprint density at radius 1 is 0.952 bits per heavy atom. The molecule has 0 fully saturated rings. The summed E-state index contributed by atoms with van der Waals surface area (Å²) in [5, 5.41) is 1.90. The molecule has 0 amide bonds. The van der Waals surface area contributed by atoms with Crippen molar-refractivity contribution < 1.29 is 0 Å². The molecule has 2 aromatic carbocycles. The van der Waals surface area contributed by atoms with Crippen molar-refractivity contribution in [3.8, 4) is 0 Å². The van der Waals surface area contributed by atoms with Crippen molar-refractivity contribution in [2.75, 3.05) is 18.2 Å². The third kappa shape index (κ3) is 3.00. The first-order valence-corrected chi connectivity index (χ1v) is 8.06. The van der Waals surface area contributed by atoms with E-state index in [1.165, 1.54) is 5.56 Å². The summed E-state index contributed by atoms with van der Waals surface area (Å²) in [5.74, 6) is 0.980. The maximum Gasteiger partial charge on any atom is 0.189 e. The molecule has 0 atom stereocenters. The molecule has 4 heteroatoms. The van der Waals surface area contributed by atoms with Gasteiger partial charge in [-0.2, -0.15) is 0 Å². The van der Waals surface area contributed by atoms with Gasteiger partial charge < -0.3 is 4.90 Å². The quantitative estimate of drug-likeness (QED) is 0.537. The summed E-state index contributed by atoms with van der Waals surface area (Å²) in [6.07, 6.45) is 2.01. The van der Waals surface area contributed by atoms with Gasteiger partial charge in [0.15, 0.2) is 5.16 Å². The number of anilines is 1. The smallest absolute Gasteiger partial charge is 0.189 e. The second kappa shape index (κ2) is 6.14. The van der Waals surface area contributed by atoms with Gasteiger partial charge in [-0.1, -0.05) is 54.2 Å². The topological polar surface area (TPSA) is 29.0 Å². The average molecular weight is 295 g/mol. The van der Waals surface area contributed by atoms with E-state index in [-0.39, 0.29) is 0 Å². The Balaban J connectivity index is 2.02. The van der Waals surface area contributed by atoms with Crippen molar-refractivity contribution >= 4 is 28.5 Å². The highest BCUT2D eigenvalue weighted by atomic mass is 32.2. The summed E-state index contributed by atoms with van der Waals surface area (Å²) in [6, 6.07) is 18.6. The van der Waals surface area contributed by atoms with Crippen LogP contribution >= 0.6 is 11.8 Å². The summed E-state index contributed by atoms with van der Waals surface area (Å²) in [5.41, 5.74) is 2.26. The summed E-state index contributed by atoms with van der Waals surface area (Å²) < 4.78 is 0. The van der Waals surface area contributed by atoms with Crippen LogP contribution in [0.1, 0.15) is 5.56 Å².